The molecule has 0 aliphatic heterocycles. The van der Waals surface area contributed by atoms with Crippen molar-refractivity contribution in [3.8, 4) is 11.8 Å². The molecular weight excluding hydrogens is 336 g/mol. The topological polar surface area (TPSA) is 20.2 Å². The van der Waals surface area contributed by atoms with Gasteiger partial charge in [0, 0.05) is 0 Å². The van der Waals surface area contributed by atoms with Gasteiger partial charge in [-0.2, -0.15) is 0 Å². The van der Waals surface area contributed by atoms with Crippen LogP contribution in [0.1, 0.15) is 59.0 Å². The van der Waals surface area contributed by atoms with Crippen LogP contribution < -0.4 is 0 Å². The summed E-state index contributed by atoms with van der Waals surface area (Å²) in [4.78, 5) is 0. The molecule has 0 spiro atoms. The van der Waals surface area contributed by atoms with Crippen LogP contribution in [0.25, 0.3) is 0 Å². The number of hydrogen-bond donors (Lipinski definition) is 1. The van der Waals surface area contributed by atoms with E-state index in [1.54, 1.807) is 3.58 Å². The Kier molecular flexibility index (Phi) is 5.38. The molecule has 1 aromatic heterocycles. The van der Waals surface area contributed by atoms with Gasteiger partial charge in [-0.3, -0.25) is 0 Å². The van der Waals surface area contributed by atoms with Gasteiger partial charge in [-0.25, -0.2) is 0 Å². The number of aryl methyl sites for hydroxylation is 1. The first-order chi connectivity index (χ1) is 8.72. The van der Waals surface area contributed by atoms with Crippen molar-refractivity contribution < 1.29 is 5.11 Å². The van der Waals surface area contributed by atoms with E-state index in [-0.39, 0.29) is 20.4 Å². The van der Waals surface area contributed by atoms with E-state index in [1.807, 2.05) is 0 Å². The summed E-state index contributed by atoms with van der Waals surface area (Å²) in [6.45, 7) is 2.24. The first-order valence-corrected chi connectivity index (χ1v) is 9.39. The zero-order valence-electron chi connectivity index (χ0n) is 11.2. The summed E-state index contributed by atoms with van der Waals surface area (Å²) in [6, 6.07) is 4.46. The minimum absolute atomic E-state index is 0.202. The molecule has 1 nitrogen and oxygen atoms in total. The molecule has 0 atom stereocenters. The van der Waals surface area contributed by atoms with Crippen molar-refractivity contribution in [3.05, 3.63) is 19.3 Å². The Morgan fingerprint density at radius 1 is 1.28 bits per heavy atom. The molecule has 0 unspecified atom stereocenters. The predicted molar refractivity (Wildman–Crippen MR) is 76.9 cm³/mol. The van der Waals surface area contributed by atoms with E-state index in [1.165, 1.54) is 29.3 Å². The molecule has 0 saturated heterocycles. The summed E-state index contributed by atoms with van der Waals surface area (Å²) in [6.07, 6.45) is 9.06. The van der Waals surface area contributed by atoms with Crippen molar-refractivity contribution in [3.63, 3.8) is 0 Å². The minimum atomic E-state index is -0.682. The Labute approximate surface area is 120 Å². The van der Waals surface area contributed by atoms with Gasteiger partial charge < -0.3 is 0 Å². The summed E-state index contributed by atoms with van der Waals surface area (Å²) in [5.74, 6) is 6.42. The third-order valence-corrected chi connectivity index (χ3v) is 6.56. The van der Waals surface area contributed by atoms with Crippen molar-refractivity contribution in [1.29, 1.82) is 0 Å². The predicted octanol–water partition coefficient (Wildman–Crippen LogP) is 3.13. The van der Waals surface area contributed by atoms with E-state index >= 15 is 0 Å². The zero-order chi connectivity index (χ0) is 12.8. The standard InChI is InChI=1S/C16H22OTe/c1-2-3-7-14-8-9-15(18-14)10-13-16(17)11-5-4-6-12-16/h8-9,17H,2-7,11-12H2,1H3. The van der Waals surface area contributed by atoms with E-state index < -0.39 is 5.60 Å². The van der Waals surface area contributed by atoms with Crippen LogP contribution in [0.15, 0.2) is 12.1 Å². The first kappa shape index (κ1) is 14.2. The van der Waals surface area contributed by atoms with Crippen LogP contribution in [0.5, 0.6) is 0 Å². The molecule has 1 aliphatic carbocycles. The Bertz CT molecular complexity index is 429. The number of unbranched alkanes of at least 4 members (excludes halogenated alkanes) is 1. The Balaban J connectivity index is 1.98. The van der Waals surface area contributed by atoms with Crippen molar-refractivity contribution in [2.45, 2.75) is 63.9 Å². The Hall–Kier alpha value is -0.210. The molecule has 1 heterocycles. The Morgan fingerprint density at radius 3 is 2.78 bits per heavy atom. The zero-order valence-corrected chi connectivity index (χ0v) is 13.5. The molecule has 2 rings (SSSR count). The second-order valence-corrected chi connectivity index (χ2v) is 8.55. The van der Waals surface area contributed by atoms with E-state index in [4.69, 9.17) is 0 Å². The van der Waals surface area contributed by atoms with Gasteiger partial charge in [0.2, 0.25) is 0 Å². The molecule has 1 aliphatic rings. The van der Waals surface area contributed by atoms with E-state index in [2.05, 4.69) is 30.9 Å². The summed E-state index contributed by atoms with van der Waals surface area (Å²) in [5.41, 5.74) is -0.682. The fourth-order valence-corrected chi connectivity index (χ4v) is 4.95. The molecule has 98 valence electrons. The molecule has 0 radical (unpaired) electrons. The molecule has 0 amide bonds. The van der Waals surface area contributed by atoms with Gasteiger partial charge >= 0.3 is 121 Å². The number of aliphatic hydroxyl groups is 1. The van der Waals surface area contributed by atoms with Crippen molar-refractivity contribution in [1.82, 2.24) is 0 Å². The summed E-state index contributed by atoms with van der Waals surface area (Å²) in [5, 5.41) is 10.3. The van der Waals surface area contributed by atoms with Crippen LogP contribution in [-0.2, 0) is 6.42 Å². The van der Waals surface area contributed by atoms with Crippen LogP contribution in [0.4, 0.5) is 0 Å². The quantitative estimate of drug-likeness (QED) is 0.651. The van der Waals surface area contributed by atoms with Crippen molar-refractivity contribution in [2.75, 3.05) is 0 Å². The third-order valence-electron chi connectivity index (χ3n) is 3.54. The monoisotopic (exact) mass is 360 g/mol. The van der Waals surface area contributed by atoms with Crippen LogP contribution in [0, 0.1) is 11.8 Å². The summed E-state index contributed by atoms with van der Waals surface area (Å²) < 4.78 is 2.94. The van der Waals surface area contributed by atoms with Gasteiger partial charge in [0.15, 0.2) is 0 Å². The first-order valence-electron chi connectivity index (χ1n) is 7.06. The fraction of sp³-hybridized carbons (Fsp3) is 0.625. The summed E-state index contributed by atoms with van der Waals surface area (Å²) in [7, 11) is 0. The van der Waals surface area contributed by atoms with Crippen molar-refractivity contribution in [2.24, 2.45) is 0 Å². The maximum atomic E-state index is 10.3. The van der Waals surface area contributed by atoms with Gasteiger partial charge in [-0.05, 0) is 0 Å². The fourth-order valence-electron chi connectivity index (χ4n) is 2.37. The molecule has 1 N–H and O–H groups in total. The SMILES string of the molecule is CCCCc1ccc(C#CC2(O)CCCCC2)[te]1. The molecule has 1 aromatic rings. The molecule has 1 saturated carbocycles. The Morgan fingerprint density at radius 2 is 2.06 bits per heavy atom. The van der Waals surface area contributed by atoms with E-state index in [0.717, 1.165) is 25.7 Å². The second kappa shape index (κ2) is 6.81. The number of hydrogen-bond acceptors (Lipinski definition) is 1. The van der Waals surface area contributed by atoms with Crippen LogP contribution in [-0.4, -0.2) is 31.1 Å². The van der Waals surface area contributed by atoms with Crippen molar-refractivity contribution >= 4 is 20.4 Å². The van der Waals surface area contributed by atoms with Crippen LogP contribution in [0.2, 0.25) is 0 Å². The van der Waals surface area contributed by atoms with Gasteiger partial charge in [0.25, 0.3) is 0 Å². The third kappa shape index (κ3) is 4.17. The van der Waals surface area contributed by atoms with Gasteiger partial charge in [0.05, 0.1) is 0 Å². The molecule has 2 heteroatoms. The average molecular weight is 358 g/mol. The molecular formula is C16H22OTe. The molecule has 0 aromatic carbocycles. The molecule has 18 heavy (non-hydrogen) atoms. The molecule has 0 bridgehead atoms. The average Bonchev–Trinajstić information content (AvgIpc) is 2.83. The van der Waals surface area contributed by atoms with Gasteiger partial charge in [-0.1, -0.05) is 0 Å². The summed E-state index contributed by atoms with van der Waals surface area (Å²) >= 11 is -0.202. The van der Waals surface area contributed by atoms with Crippen LogP contribution >= 0.6 is 0 Å². The second-order valence-electron chi connectivity index (χ2n) is 5.21. The van der Waals surface area contributed by atoms with E-state index in [0.29, 0.717) is 0 Å². The number of rotatable bonds is 3. The van der Waals surface area contributed by atoms with Gasteiger partial charge in [0.1, 0.15) is 0 Å². The normalized spacial score (nSPS) is 18.1. The maximum absolute atomic E-state index is 10.3. The van der Waals surface area contributed by atoms with E-state index in [9.17, 15) is 5.11 Å². The van der Waals surface area contributed by atoms with Gasteiger partial charge in [-0.15, -0.1) is 0 Å². The molecule has 1 fully saturated rings. The van der Waals surface area contributed by atoms with Crippen LogP contribution in [0.3, 0.4) is 0 Å².